The normalized spacial score (nSPS) is 13.8. The number of rotatable bonds is 4. The molecule has 2 aromatic carbocycles. The highest BCUT2D eigenvalue weighted by molar-refractivity contribution is 9.10. The zero-order valence-corrected chi connectivity index (χ0v) is 16.4. The van der Waals surface area contributed by atoms with E-state index in [0.717, 1.165) is 34.3 Å². The molecule has 0 unspecified atom stereocenters. The molecule has 0 heterocycles. The molecule has 0 aliphatic heterocycles. The second kappa shape index (κ2) is 8.36. The second-order valence-electron chi connectivity index (χ2n) is 6.48. The number of anilines is 2. The molecule has 0 spiro atoms. The number of carbonyl (C=O) groups is 1. The van der Waals surface area contributed by atoms with E-state index in [9.17, 15) is 4.79 Å². The number of nitrogens with one attached hydrogen (secondary N) is 2. The molecule has 26 heavy (non-hydrogen) atoms. The van der Waals surface area contributed by atoms with Crippen LogP contribution in [-0.2, 0) is 17.6 Å². The van der Waals surface area contributed by atoms with Crippen molar-refractivity contribution in [1.29, 1.82) is 0 Å². The van der Waals surface area contributed by atoms with Gasteiger partial charge in [0, 0.05) is 15.8 Å². The van der Waals surface area contributed by atoms with E-state index in [-0.39, 0.29) is 18.4 Å². The van der Waals surface area contributed by atoms with Gasteiger partial charge < -0.3 is 16.4 Å². The Hall–Kier alpha value is -2.34. The van der Waals surface area contributed by atoms with Gasteiger partial charge in [-0.1, -0.05) is 34.1 Å². The quantitative estimate of drug-likeness (QED) is 0.522. The SMILES string of the molecule is Cc1ccc(Br)cc1NC(=O)CN=C(N)Nc1cccc2c1CCCC2. The van der Waals surface area contributed by atoms with Crippen LogP contribution in [0.1, 0.15) is 29.5 Å². The fourth-order valence-electron chi connectivity index (χ4n) is 3.15. The zero-order chi connectivity index (χ0) is 18.5. The summed E-state index contributed by atoms with van der Waals surface area (Å²) in [5, 5.41) is 6.01. The van der Waals surface area contributed by atoms with Crippen LogP contribution in [0.25, 0.3) is 0 Å². The third kappa shape index (κ3) is 4.64. The van der Waals surface area contributed by atoms with Gasteiger partial charge >= 0.3 is 0 Å². The first-order chi connectivity index (χ1) is 12.5. The smallest absolute Gasteiger partial charge is 0.246 e. The second-order valence-corrected chi connectivity index (χ2v) is 7.40. The maximum atomic E-state index is 12.1. The van der Waals surface area contributed by atoms with Gasteiger partial charge in [0.1, 0.15) is 6.54 Å². The van der Waals surface area contributed by atoms with Gasteiger partial charge in [-0.05, 0) is 67.5 Å². The van der Waals surface area contributed by atoms with Crippen LogP contribution >= 0.6 is 15.9 Å². The van der Waals surface area contributed by atoms with E-state index in [2.05, 4.69) is 37.6 Å². The third-order valence-electron chi connectivity index (χ3n) is 4.53. The van der Waals surface area contributed by atoms with Gasteiger partial charge in [0.15, 0.2) is 5.96 Å². The lowest BCUT2D eigenvalue weighted by molar-refractivity contribution is -0.114. The average molecular weight is 415 g/mol. The van der Waals surface area contributed by atoms with Crippen molar-refractivity contribution >= 4 is 39.2 Å². The summed E-state index contributed by atoms with van der Waals surface area (Å²) >= 11 is 3.41. The number of halogens is 1. The Balaban J connectivity index is 1.62. The van der Waals surface area contributed by atoms with Crippen molar-refractivity contribution in [1.82, 2.24) is 0 Å². The van der Waals surface area contributed by atoms with E-state index >= 15 is 0 Å². The lowest BCUT2D eigenvalue weighted by atomic mass is 9.90. The molecule has 0 aromatic heterocycles. The van der Waals surface area contributed by atoms with Crippen LogP contribution < -0.4 is 16.4 Å². The standard InChI is InChI=1S/C20H23BrN4O/c1-13-9-10-15(21)11-18(13)24-19(26)12-23-20(22)25-17-8-4-6-14-5-2-3-7-16(14)17/h4,6,8-11H,2-3,5,7,12H2,1H3,(H,24,26)(H3,22,23,25). The Labute approximate surface area is 162 Å². The maximum Gasteiger partial charge on any atom is 0.246 e. The number of nitrogens with zero attached hydrogens (tertiary/aromatic N) is 1. The van der Waals surface area contributed by atoms with E-state index in [0.29, 0.717) is 0 Å². The predicted octanol–water partition coefficient (Wildman–Crippen LogP) is 4.00. The zero-order valence-electron chi connectivity index (χ0n) is 14.8. The van der Waals surface area contributed by atoms with E-state index in [1.54, 1.807) is 0 Å². The van der Waals surface area contributed by atoms with E-state index in [1.807, 2.05) is 37.3 Å². The van der Waals surface area contributed by atoms with Crippen LogP contribution in [0, 0.1) is 6.92 Å². The maximum absolute atomic E-state index is 12.1. The topological polar surface area (TPSA) is 79.5 Å². The number of fused-ring (bicyclic) bond motifs is 1. The van der Waals surface area contributed by atoms with Crippen LogP contribution in [0.15, 0.2) is 45.9 Å². The van der Waals surface area contributed by atoms with Gasteiger partial charge in [-0.2, -0.15) is 0 Å². The molecular formula is C20H23BrN4O. The molecular weight excluding hydrogens is 392 g/mol. The molecule has 0 bridgehead atoms. The molecule has 1 aliphatic rings. The summed E-state index contributed by atoms with van der Waals surface area (Å²) in [6, 6.07) is 12.0. The first-order valence-corrected chi connectivity index (χ1v) is 9.56. The van der Waals surface area contributed by atoms with E-state index in [4.69, 9.17) is 5.73 Å². The van der Waals surface area contributed by atoms with Crippen molar-refractivity contribution in [3.8, 4) is 0 Å². The van der Waals surface area contributed by atoms with Crippen molar-refractivity contribution in [3.63, 3.8) is 0 Å². The molecule has 1 aliphatic carbocycles. The Bertz CT molecular complexity index is 848. The highest BCUT2D eigenvalue weighted by Crippen LogP contribution is 2.27. The Morgan fingerprint density at radius 2 is 1.96 bits per heavy atom. The molecule has 136 valence electrons. The lowest BCUT2D eigenvalue weighted by Gasteiger charge is -2.19. The average Bonchev–Trinajstić information content (AvgIpc) is 2.63. The van der Waals surface area contributed by atoms with Crippen LogP contribution in [0.4, 0.5) is 11.4 Å². The summed E-state index contributed by atoms with van der Waals surface area (Å²) in [5.41, 5.74) is 11.4. The Morgan fingerprint density at radius 3 is 2.81 bits per heavy atom. The lowest BCUT2D eigenvalue weighted by Crippen LogP contribution is -2.26. The van der Waals surface area contributed by atoms with Gasteiger partial charge in [-0.15, -0.1) is 0 Å². The van der Waals surface area contributed by atoms with Gasteiger partial charge in [0.05, 0.1) is 0 Å². The molecule has 6 heteroatoms. The monoisotopic (exact) mass is 414 g/mol. The highest BCUT2D eigenvalue weighted by Gasteiger charge is 2.13. The van der Waals surface area contributed by atoms with Crippen molar-refractivity contribution in [2.45, 2.75) is 32.6 Å². The van der Waals surface area contributed by atoms with Crippen LogP contribution in [0.5, 0.6) is 0 Å². The molecule has 1 amide bonds. The Kier molecular flexibility index (Phi) is 5.93. The number of benzene rings is 2. The molecule has 0 saturated heterocycles. The predicted molar refractivity (Wildman–Crippen MR) is 111 cm³/mol. The number of hydrogen-bond donors (Lipinski definition) is 3. The fraction of sp³-hybridized carbons (Fsp3) is 0.300. The number of carbonyl (C=O) groups excluding carboxylic acids is 1. The van der Waals surface area contributed by atoms with Crippen LogP contribution in [0.3, 0.4) is 0 Å². The van der Waals surface area contributed by atoms with Crippen LogP contribution in [0.2, 0.25) is 0 Å². The van der Waals surface area contributed by atoms with Gasteiger partial charge in [-0.3, -0.25) is 4.79 Å². The van der Waals surface area contributed by atoms with E-state index in [1.165, 1.54) is 24.0 Å². The van der Waals surface area contributed by atoms with Crippen molar-refractivity contribution in [2.75, 3.05) is 17.2 Å². The number of guanidine groups is 1. The minimum Gasteiger partial charge on any atom is -0.370 e. The number of hydrogen-bond acceptors (Lipinski definition) is 2. The summed E-state index contributed by atoms with van der Waals surface area (Å²) in [4.78, 5) is 16.3. The largest absolute Gasteiger partial charge is 0.370 e. The van der Waals surface area contributed by atoms with Crippen molar-refractivity contribution in [3.05, 3.63) is 57.6 Å². The van der Waals surface area contributed by atoms with Gasteiger partial charge in [0.2, 0.25) is 5.91 Å². The summed E-state index contributed by atoms with van der Waals surface area (Å²) in [5.74, 6) is 0.0520. The summed E-state index contributed by atoms with van der Waals surface area (Å²) in [6.45, 7) is 1.92. The van der Waals surface area contributed by atoms with Gasteiger partial charge in [-0.25, -0.2) is 4.99 Å². The summed E-state index contributed by atoms with van der Waals surface area (Å²) in [6.07, 6.45) is 4.58. The third-order valence-corrected chi connectivity index (χ3v) is 5.02. The minimum absolute atomic E-state index is 0.0280. The molecule has 5 nitrogen and oxygen atoms in total. The number of amides is 1. The fourth-order valence-corrected chi connectivity index (χ4v) is 3.51. The molecule has 2 aromatic rings. The summed E-state index contributed by atoms with van der Waals surface area (Å²) < 4.78 is 0.914. The highest BCUT2D eigenvalue weighted by atomic mass is 79.9. The minimum atomic E-state index is -0.203. The molecule has 0 fully saturated rings. The first-order valence-electron chi connectivity index (χ1n) is 8.76. The molecule has 4 N–H and O–H groups in total. The van der Waals surface area contributed by atoms with Gasteiger partial charge in [0.25, 0.3) is 0 Å². The first kappa shape index (κ1) is 18.5. The van der Waals surface area contributed by atoms with Crippen molar-refractivity contribution < 1.29 is 4.79 Å². The molecule has 3 rings (SSSR count). The Morgan fingerprint density at radius 1 is 1.15 bits per heavy atom. The molecule has 0 saturated carbocycles. The van der Waals surface area contributed by atoms with Crippen LogP contribution in [-0.4, -0.2) is 18.4 Å². The van der Waals surface area contributed by atoms with Crippen molar-refractivity contribution in [2.24, 2.45) is 10.7 Å². The number of aryl methyl sites for hydroxylation is 2. The number of nitrogens with two attached hydrogens (primary N) is 1. The number of aliphatic imine (C=N–C) groups is 1. The van der Waals surface area contributed by atoms with E-state index < -0.39 is 0 Å². The summed E-state index contributed by atoms with van der Waals surface area (Å²) in [7, 11) is 0. The molecule has 0 radical (unpaired) electrons. The molecule has 0 atom stereocenters.